The second kappa shape index (κ2) is 17.6. The van der Waals surface area contributed by atoms with Gasteiger partial charge in [-0.3, -0.25) is 19.6 Å². The normalized spacial score (nSPS) is 9.25. The first kappa shape index (κ1) is 34.1. The third-order valence-corrected chi connectivity index (χ3v) is 4.79. The minimum absolute atomic E-state index is 0. The molecule has 212 valence electrons. The molecule has 10 heteroatoms. The van der Waals surface area contributed by atoms with Gasteiger partial charge in [0.15, 0.2) is 0 Å². The molecule has 0 saturated carbocycles. The van der Waals surface area contributed by atoms with Crippen LogP contribution in [0.25, 0.3) is 44.6 Å². The number of benzene rings is 2. The van der Waals surface area contributed by atoms with Gasteiger partial charge in [0.05, 0.1) is 0 Å². The first-order valence-corrected chi connectivity index (χ1v) is 11.6. The van der Waals surface area contributed by atoms with E-state index in [0.29, 0.717) is 0 Å². The van der Waals surface area contributed by atoms with E-state index in [9.17, 15) is 0 Å². The van der Waals surface area contributed by atoms with Gasteiger partial charge in [-0.25, -0.2) is 0 Å². The molecule has 0 bridgehead atoms. The molecule has 2 aromatic carbocycles. The number of hydrogen-bond donors (Lipinski definition) is 2. The zero-order chi connectivity index (χ0) is 27.3. The largest absolute Gasteiger partial charge is 0.656 e. The molecule has 8 nitrogen and oxygen atoms in total. The Kier molecular flexibility index (Phi) is 15.0. The fraction of sp³-hybridized carbons (Fsp3) is 0.0667. The number of para-hydroxylation sites is 2. The third-order valence-electron chi connectivity index (χ3n) is 4.79. The van der Waals surface area contributed by atoms with Gasteiger partial charge in [0.25, 0.3) is 11.9 Å². The van der Waals surface area contributed by atoms with Gasteiger partial charge in [0.1, 0.15) is 0 Å². The monoisotopic (exact) mass is 718 g/mol. The first-order valence-electron chi connectivity index (χ1n) is 11.6. The maximum Gasteiger partial charge on any atom is 0.300 e. The predicted molar refractivity (Wildman–Crippen MR) is 148 cm³/mol. The average Bonchev–Trinajstić information content (AvgIpc) is 3.54. The van der Waals surface area contributed by atoms with Gasteiger partial charge in [0, 0.05) is 78.5 Å². The molecule has 6 rings (SSSR count). The molecule has 0 amide bonds. The van der Waals surface area contributed by atoms with Crippen molar-refractivity contribution in [3.63, 3.8) is 0 Å². The fourth-order valence-electron chi connectivity index (χ4n) is 3.33. The molecule has 0 fully saturated rings. The molecule has 0 aliphatic rings. The average molecular weight is 719 g/mol. The van der Waals surface area contributed by atoms with Crippen LogP contribution in [0.15, 0.2) is 109 Å². The molecule has 0 aliphatic carbocycles. The van der Waals surface area contributed by atoms with Crippen molar-refractivity contribution < 1.29 is 60.6 Å². The SMILES string of the molecule is CC(=O)O.CC(=O)O.[Pd].[Pd].c1ccc(-c2cc3ccccc3[n-]2)nc1.c1ccc(-c2cc3ccccc3[n-]2)nc1. The summed E-state index contributed by atoms with van der Waals surface area (Å²) in [6.07, 6.45) is 3.57. The van der Waals surface area contributed by atoms with Crippen LogP contribution in [0.1, 0.15) is 13.8 Å². The number of fused-ring (bicyclic) bond motifs is 2. The van der Waals surface area contributed by atoms with Crippen molar-refractivity contribution in [3.05, 3.63) is 109 Å². The topological polar surface area (TPSA) is 129 Å². The summed E-state index contributed by atoms with van der Waals surface area (Å²) in [4.78, 5) is 35.6. The first-order chi connectivity index (χ1) is 18.3. The molecule has 0 atom stereocenters. The maximum absolute atomic E-state index is 9.00. The van der Waals surface area contributed by atoms with E-state index in [1.54, 1.807) is 12.4 Å². The van der Waals surface area contributed by atoms with Gasteiger partial charge in [-0.1, -0.05) is 72.8 Å². The number of carboxylic acids is 2. The Morgan fingerprint density at radius 2 is 0.900 bits per heavy atom. The Hall–Kier alpha value is -3.92. The standard InChI is InChI=1S/2C13H9N2.2C2H4O2.2Pd/c2*1-2-6-11-10(5-1)9-13(15-11)12-7-3-4-8-14-12;2*1-2(3)4;;/h2*1-9H;2*1H3,(H,3,4);;/q2*-1;;;;. The van der Waals surface area contributed by atoms with Crippen molar-refractivity contribution in [2.24, 2.45) is 0 Å². The molecule has 0 aliphatic heterocycles. The second-order valence-corrected chi connectivity index (χ2v) is 7.87. The molecule has 0 saturated heterocycles. The molecular weight excluding hydrogens is 693 g/mol. The molecular formula is C30H26N4O4Pd2-2. The van der Waals surface area contributed by atoms with Crippen molar-refractivity contribution in [1.82, 2.24) is 19.9 Å². The van der Waals surface area contributed by atoms with Crippen LogP contribution in [0, 0.1) is 0 Å². The molecule has 4 heterocycles. The van der Waals surface area contributed by atoms with E-state index in [2.05, 4.69) is 44.2 Å². The molecule has 0 radical (unpaired) electrons. The number of carboxylic acid groups (broad SMARTS) is 2. The van der Waals surface area contributed by atoms with Gasteiger partial charge in [-0.05, 0) is 35.0 Å². The Labute approximate surface area is 259 Å². The number of hydrogen-bond acceptors (Lipinski definition) is 4. The second-order valence-electron chi connectivity index (χ2n) is 7.87. The summed E-state index contributed by atoms with van der Waals surface area (Å²) in [6, 6.07) is 32.0. The Morgan fingerprint density at radius 1 is 0.575 bits per heavy atom. The van der Waals surface area contributed by atoms with Crippen LogP contribution >= 0.6 is 0 Å². The molecule has 0 unspecified atom stereocenters. The van der Waals surface area contributed by atoms with Crippen molar-refractivity contribution >= 4 is 33.7 Å². The van der Waals surface area contributed by atoms with Crippen LogP contribution in [0.4, 0.5) is 0 Å². The Bertz CT molecular complexity index is 1410. The van der Waals surface area contributed by atoms with E-state index in [1.165, 1.54) is 0 Å². The summed E-state index contributed by atoms with van der Waals surface area (Å²) in [5.74, 6) is -1.67. The minimum Gasteiger partial charge on any atom is -0.656 e. The summed E-state index contributed by atoms with van der Waals surface area (Å²) in [6.45, 7) is 2.17. The molecule has 6 aromatic rings. The van der Waals surface area contributed by atoms with Crippen molar-refractivity contribution in [2.45, 2.75) is 13.8 Å². The van der Waals surface area contributed by atoms with E-state index in [4.69, 9.17) is 19.8 Å². The number of pyridine rings is 2. The van der Waals surface area contributed by atoms with E-state index in [-0.39, 0.29) is 40.8 Å². The van der Waals surface area contributed by atoms with Crippen LogP contribution in [-0.2, 0) is 50.4 Å². The summed E-state index contributed by atoms with van der Waals surface area (Å²) in [5.41, 5.74) is 5.78. The Morgan fingerprint density at radius 3 is 1.20 bits per heavy atom. The van der Waals surface area contributed by atoms with Crippen molar-refractivity contribution in [2.75, 3.05) is 0 Å². The minimum atomic E-state index is -0.833. The van der Waals surface area contributed by atoms with Crippen molar-refractivity contribution in [3.8, 4) is 22.8 Å². The van der Waals surface area contributed by atoms with E-state index in [0.717, 1.165) is 58.4 Å². The van der Waals surface area contributed by atoms with Crippen LogP contribution in [0.5, 0.6) is 0 Å². The van der Waals surface area contributed by atoms with E-state index in [1.807, 2.05) is 72.8 Å². The van der Waals surface area contributed by atoms with E-state index >= 15 is 0 Å². The quantitative estimate of drug-likeness (QED) is 0.212. The summed E-state index contributed by atoms with van der Waals surface area (Å²) < 4.78 is 0. The number of rotatable bonds is 2. The summed E-state index contributed by atoms with van der Waals surface area (Å²) >= 11 is 0. The number of nitrogens with zero attached hydrogens (tertiary/aromatic N) is 4. The molecule has 0 spiro atoms. The van der Waals surface area contributed by atoms with Crippen LogP contribution in [0.2, 0.25) is 0 Å². The fourth-order valence-corrected chi connectivity index (χ4v) is 3.33. The molecule has 4 aromatic heterocycles. The Balaban J connectivity index is 0.000000305. The van der Waals surface area contributed by atoms with Gasteiger partial charge >= 0.3 is 0 Å². The predicted octanol–water partition coefficient (Wildman–Crippen LogP) is 5.89. The van der Waals surface area contributed by atoms with Gasteiger partial charge in [-0.2, -0.15) is 0 Å². The van der Waals surface area contributed by atoms with Gasteiger partial charge in [-0.15, -0.1) is 22.4 Å². The summed E-state index contributed by atoms with van der Waals surface area (Å²) in [7, 11) is 0. The third kappa shape index (κ3) is 11.1. The zero-order valence-corrected chi connectivity index (χ0v) is 24.6. The van der Waals surface area contributed by atoms with Crippen LogP contribution in [-0.4, -0.2) is 32.1 Å². The summed E-state index contributed by atoms with van der Waals surface area (Å²) in [5, 5.41) is 17.2. The molecule has 2 N–H and O–H groups in total. The van der Waals surface area contributed by atoms with Crippen LogP contribution < -0.4 is 9.97 Å². The molecule has 40 heavy (non-hydrogen) atoms. The van der Waals surface area contributed by atoms with Gasteiger partial charge in [0.2, 0.25) is 0 Å². The van der Waals surface area contributed by atoms with E-state index < -0.39 is 11.9 Å². The maximum atomic E-state index is 9.00. The van der Waals surface area contributed by atoms with Crippen molar-refractivity contribution in [1.29, 1.82) is 0 Å². The number of carbonyl (C=O) groups is 2. The smallest absolute Gasteiger partial charge is 0.300 e. The zero-order valence-electron chi connectivity index (χ0n) is 21.5. The number of aliphatic carboxylic acids is 2. The van der Waals surface area contributed by atoms with Crippen LogP contribution in [0.3, 0.4) is 0 Å². The number of aromatic nitrogens is 4. The van der Waals surface area contributed by atoms with Gasteiger partial charge < -0.3 is 20.2 Å².